The molecule has 2 unspecified atom stereocenters. The maximum absolute atomic E-state index is 13.2. The number of hydrogen-bond donors (Lipinski definition) is 1. The number of benzene rings is 1. The van der Waals surface area contributed by atoms with Crippen molar-refractivity contribution in [1.29, 1.82) is 0 Å². The first-order valence-electron chi connectivity index (χ1n) is 9.62. The Balaban J connectivity index is 1.39. The van der Waals surface area contributed by atoms with Crippen LogP contribution in [-0.4, -0.2) is 62.2 Å². The van der Waals surface area contributed by atoms with Gasteiger partial charge >= 0.3 is 0 Å². The standard InChI is InChI=1S/C21H21N5O2/c27-20(16-3-2-15-5-6-23-18(15)9-16)26-12-14-1-4-17(26)13-25(11-14)21(28)19-10-22-7-8-24-19/h2-3,5-10,14,17,23H,1,4,11-13H2. The van der Waals surface area contributed by atoms with Crippen LogP contribution in [0.4, 0.5) is 0 Å². The number of nitrogens with one attached hydrogen (secondary N) is 1. The summed E-state index contributed by atoms with van der Waals surface area (Å²) in [5, 5.41) is 1.09. The largest absolute Gasteiger partial charge is 0.361 e. The minimum atomic E-state index is -0.105. The molecular formula is C21H21N5O2. The first-order chi connectivity index (χ1) is 13.7. The highest BCUT2D eigenvalue weighted by molar-refractivity contribution is 5.98. The third-order valence-electron chi connectivity index (χ3n) is 5.85. The Kier molecular flexibility index (Phi) is 4.07. The second-order valence-electron chi connectivity index (χ2n) is 7.64. The minimum Gasteiger partial charge on any atom is -0.361 e. The maximum Gasteiger partial charge on any atom is 0.274 e. The average molecular weight is 375 g/mol. The molecule has 0 spiro atoms. The lowest BCUT2D eigenvalue weighted by atomic mass is 9.94. The molecule has 0 saturated carbocycles. The predicted octanol–water partition coefficient (Wildman–Crippen LogP) is 2.33. The molecule has 6 rings (SSSR count). The Morgan fingerprint density at radius 1 is 1.04 bits per heavy atom. The van der Waals surface area contributed by atoms with Crippen LogP contribution in [-0.2, 0) is 0 Å². The lowest BCUT2D eigenvalue weighted by Gasteiger charge is -2.36. The molecule has 5 heterocycles. The second kappa shape index (κ2) is 6.74. The molecular weight excluding hydrogens is 354 g/mol. The molecule has 0 aliphatic carbocycles. The number of hydrogen-bond acceptors (Lipinski definition) is 4. The number of rotatable bonds is 2. The number of H-pyrrole nitrogens is 1. The summed E-state index contributed by atoms with van der Waals surface area (Å²) >= 11 is 0. The van der Waals surface area contributed by atoms with Crippen LogP contribution < -0.4 is 0 Å². The number of aromatic nitrogens is 3. The fraction of sp³-hybridized carbons (Fsp3) is 0.333. The number of aromatic amines is 1. The summed E-state index contributed by atoms with van der Waals surface area (Å²) in [6.45, 7) is 1.89. The van der Waals surface area contributed by atoms with Gasteiger partial charge in [0.1, 0.15) is 5.69 Å². The van der Waals surface area contributed by atoms with Gasteiger partial charge < -0.3 is 14.8 Å². The Morgan fingerprint density at radius 2 is 1.96 bits per heavy atom. The Hall–Kier alpha value is -3.22. The van der Waals surface area contributed by atoms with Crippen LogP contribution >= 0.6 is 0 Å². The van der Waals surface area contributed by atoms with Crippen LogP contribution in [0.1, 0.15) is 33.7 Å². The van der Waals surface area contributed by atoms with Gasteiger partial charge in [0, 0.05) is 55.3 Å². The van der Waals surface area contributed by atoms with E-state index in [1.807, 2.05) is 40.3 Å². The van der Waals surface area contributed by atoms with Gasteiger partial charge in [-0.2, -0.15) is 0 Å². The molecule has 3 saturated heterocycles. The highest BCUT2D eigenvalue weighted by Crippen LogP contribution is 2.30. The van der Waals surface area contributed by atoms with E-state index in [0.29, 0.717) is 30.9 Å². The molecule has 3 aliphatic rings. The van der Waals surface area contributed by atoms with Crippen molar-refractivity contribution >= 4 is 22.7 Å². The number of fused-ring (bicyclic) bond motifs is 5. The fourth-order valence-electron chi connectivity index (χ4n) is 4.41. The molecule has 3 aliphatic heterocycles. The van der Waals surface area contributed by atoms with Crippen molar-refractivity contribution in [3.63, 3.8) is 0 Å². The first-order valence-corrected chi connectivity index (χ1v) is 9.62. The number of amides is 2. The lowest BCUT2D eigenvalue weighted by molar-refractivity contribution is 0.0574. The molecule has 2 aromatic heterocycles. The summed E-state index contributed by atoms with van der Waals surface area (Å²) in [6, 6.07) is 7.80. The lowest BCUT2D eigenvalue weighted by Crippen LogP contribution is -2.47. The van der Waals surface area contributed by atoms with E-state index < -0.39 is 0 Å². The van der Waals surface area contributed by atoms with Crippen LogP contribution in [0, 0.1) is 5.92 Å². The summed E-state index contributed by atoms with van der Waals surface area (Å²) in [5.41, 5.74) is 2.01. The van der Waals surface area contributed by atoms with Gasteiger partial charge in [0.2, 0.25) is 0 Å². The highest BCUT2D eigenvalue weighted by Gasteiger charge is 2.39. The number of carbonyl (C=O) groups excluding carboxylic acids is 2. The van der Waals surface area contributed by atoms with Crippen molar-refractivity contribution in [3.05, 3.63) is 60.3 Å². The summed E-state index contributed by atoms with van der Waals surface area (Å²) in [7, 11) is 0. The van der Waals surface area contributed by atoms with E-state index in [-0.39, 0.29) is 23.8 Å². The molecule has 3 aromatic rings. The minimum absolute atomic E-state index is 0.0335. The third kappa shape index (κ3) is 2.93. The van der Waals surface area contributed by atoms with Crippen LogP contribution in [0.2, 0.25) is 0 Å². The van der Waals surface area contributed by atoms with Crippen LogP contribution in [0.15, 0.2) is 49.1 Å². The molecule has 2 amide bonds. The van der Waals surface area contributed by atoms with Crippen LogP contribution in [0.3, 0.4) is 0 Å². The molecule has 2 bridgehead atoms. The zero-order chi connectivity index (χ0) is 19.1. The topological polar surface area (TPSA) is 82.2 Å². The van der Waals surface area contributed by atoms with Crippen LogP contribution in [0.25, 0.3) is 10.9 Å². The molecule has 7 heteroatoms. The van der Waals surface area contributed by atoms with Gasteiger partial charge in [-0.15, -0.1) is 0 Å². The molecule has 3 fully saturated rings. The fourth-order valence-corrected chi connectivity index (χ4v) is 4.41. The second-order valence-corrected chi connectivity index (χ2v) is 7.64. The zero-order valence-electron chi connectivity index (χ0n) is 15.4. The first kappa shape index (κ1) is 16.9. The van der Waals surface area contributed by atoms with Crippen LogP contribution in [0.5, 0.6) is 0 Å². The van der Waals surface area contributed by atoms with Crippen molar-refractivity contribution in [1.82, 2.24) is 24.8 Å². The Morgan fingerprint density at radius 3 is 2.82 bits per heavy atom. The maximum atomic E-state index is 13.2. The van der Waals surface area contributed by atoms with Gasteiger partial charge in [-0.1, -0.05) is 6.07 Å². The molecule has 142 valence electrons. The molecule has 2 atom stereocenters. The van der Waals surface area contributed by atoms with Crippen molar-refractivity contribution < 1.29 is 9.59 Å². The van der Waals surface area contributed by atoms with E-state index in [1.54, 1.807) is 6.20 Å². The molecule has 28 heavy (non-hydrogen) atoms. The number of nitrogens with zero attached hydrogens (tertiary/aromatic N) is 4. The summed E-state index contributed by atoms with van der Waals surface area (Å²) in [6.07, 6.45) is 8.43. The highest BCUT2D eigenvalue weighted by atomic mass is 16.2. The SMILES string of the molecule is O=C(c1cnccn1)N1CC2CCC(C1)N(C(=O)c1ccc3cc[nH]c3c1)C2. The molecule has 1 N–H and O–H groups in total. The molecule has 7 nitrogen and oxygen atoms in total. The van der Waals surface area contributed by atoms with E-state index in [2.05, 4.69) is 15.0 Å². The van der Waals surface area contributed by atoms with Crippen molar-refractivity contribution in [3.8, 4) is 0 Å². The van der Waals surface area contributed by atoms with E-state index in [0.717, 1.165) is 23.7 Å². The molecule has 0 radical (unpaired) electrons. The smallest absolute Gasteiger partial charge is 0.274 e. The predicted molar refractivity (Wildman–Crippen MR) is 104 cm³/mol. The van der Waals surface area contributed by atoms with E-state index >= 15 is 0 Å². The summed E-state index contributed by atoms with van der Waals surface area (Å²) < 4.78 is 0. The van der Waals surface area contributed by atoms with Crippen molar-refractivity contribution in [2.24, 2.45) is 5.92 Å². The van der Waals surface area contributed by atoms with Gasteiger partial charge in [0.05, 0.1) is 6.20 Å². The normalized spacial score (nSPS) is 21.7. The quantitative estimate of drug-likeness (QED) is 0.745. The van der Waals surface area contributed by atoms with Crippen molar-refractivity contribution in [2.45, 2.75) is 18.9 Å². The molecule has 1 aromatic carbocycles. The number of carbonyl (C=O) groups is 2. The van der Waals surface area contributed by atoms with Gasteiger partial charge in [-0.3, -0.25) is 14.6 Å². The van der Waals surface area contributed by atoms with Gasteiger partial charge in [0.15, 0.2) is 0 Å². The monoisotopic (exact) mass is 375 g/mol. The summed E-state index contributed by atoms with van der Waals surface area (Å²) in [4.78, 5) is 41.2. The van der Waals surface area contributed by atoms with Gasteiger partial charge in [-0.05, 0) is 42.3 Å². The van der Waals surface area contributed by atoms with Gasteiger partial charge in [0.25, 0.3) is 11.8 Å². The van der Waals surface area contributed by atoms with E-state index in [4.69, 9.17) is 0 Å². The zero-order valence-corrected chi connectivity index (χ0v) is 15.4. The third-order valence-corrected chi connectivity index (χ3v) is 5.85. The van der Waals surface area contributed by atoms with E-state index in [1.165, 1.54) is 12.4 Å². The van der Waals surface area contributed by atoms with Gasteiger partial charge in [-0.25, -0.2) is 4.98 Å². The summed E-state index contributed by atoms with van der Waals surface area (Å²) in [5.74, 6) is 0.227. The number of piperidine rings is 1. The average Bonchev–Trinajstić information content (AvgIpc) is 3.02. The van der Waals surface area contributed by atoms with Crippen molar-refractivity contribution in [2.75, 3.05) is 19.6 Å². The Labute approximate surface area is 162 Å². The Bertz CT molecular complexity index is 1030. The van der Waals surface area contributed by atoms with E-state index in [9.17, 15) is 9.59 Å².